The fourth-order valence-corrected chi connectivity index (χ4v) is 1.54. The number of benzene rings is 1. The molecule has 0 aromatic heterocycles. The molecule has 0 saturated carbocycles. The van der Waals surface area contributed by atoms with Crippen LogP contribution in [0.3, 0.4) is 0 Å². The number of carbonyl (C=O) groups is 1. The number of carbonyl (C=O) groups excluding carboxylic acids is 1. The lowest BCUT2D eigenvalue weighted by Crippen LogP contribution is -2.40. The van der Waals surface area contributed by atoms with Gasteiger partial charge in [0.2, 0.25) is 5.91 Å². The van der Waals surface area contributed by atoms with Crippen molar-refractivity contribution in [2.24, 2.45) is 5.73 Å². The van der Waals surface area contributed by atoms with Crippen LogP contribution in [0, 0.1) is 0 Å². The summed E-state index contributed by atoms with van der Waals surface area (Å²) in [5.41, 5.74) is 7.49. The fourth-order valence-electron chi connectivity index (χ4n) is 1.54. The van der Waals surface area contributed by atoms with Crippen LogP contribution >= 0.6 is 0 Å². The van der Waals surface area contributed by atoms with E-state index in [4.69, 9.17) is 10.5 Å². The minimum atomic E-state index is -0.449. The number of hydrogen-bond acceptors (Lipinski definition) is 3. The van der Waals surface area contributed by atoms with Gasteiger partial charge in [-0.1, -0.05) is 0 Å². The molecule has 1 amide bonds. The molecule has 74 valence electrons. The first-order valence-corrected chi connectivity index (χ1v) is 4.44. The molecule has 0 bridgehead atoms. The normalized spacial score (nSPS) is 19.9. The largest absolute Gasteiger partial charge is 0.497 e. The van der Waals surface area contributed by atoms with E-state index in [0.717, 1.165) is 17.0 Å². The van der Waals surface area contributed by atoms with Crippen LogP contribution in [-0.2, 0) is 11.2 Å². The third-order valence-electron chi connectivity index (χ3n) is 2.35. The number of nitrogens with one attached hydrogen (secondary N) is 1. The summed E-state index contributed by atoms with van der Waals surface area (Å²) in [5.74, 6) is 0.662. The van der Waals surface area contributed by atoms with E-state index in [1.165, 1.54) is 0 Å². The summed E-state index contributed by atoms with van der Waals surface area (Å²) in [6.07, 6.45) is 0.568. The van der Waals surface area contributed by atoms with E-state index in [2.05, 4.69) is 5.32 Å². The molecule has 0 fully saturated rings. The Balaban J connectivity index is 2.37. The average molecular weight is 192 g/mol. The third kappa shape index (κ3) is 1.44. The molecule has 1 heterocycles. The molecule has 4 nitrogen and oxygen atoms in total. The molecule has 3 N–H and O–H groups in total. The Kier molecular flexibility index (Phi) is 2.13. The summed E-state index contributed by atoms with van der Waals surface area (Å²) >= 11 is 0. The van der Waals surface area contributed by atoms with E-state index in [-0.39, 0.29) is 5.91 Å². The zero-order chi connectivity index (χ0) is 10.1. The summed E-state index contributed by atoms with van der Waals surface area (Å²) in [4.78, 5) is 11.2. The van der Waals surface area contributed by atoms with E-state index in [1.54, 1.807) is 7.11 Å². The molecule has 1 atom stereocenters. The summed E-state index contributed by atoms with van der Waals surface area (Å²) in [6.45, 7) is 0. The lowest BCUT2D eigenvalue weighted by atomic mass is 9.99. The van der Waals surface area contributed by atoms with Crippen molar-refractivity contribution in [1.82, 2.24) is 0 Å². The molecule has 4 heteroatoms. The van der Waals surface area contributed by atoms with Gasteiger partial charge in [0.25, 0.3) is 0 Å². The Morgan fingerprint density at radius 1 is 1.57 bits per heavy atom. The van der Waals surface area contributed by atoms with E-state index in [1.807, 2.05) is 18.2 Å². The molecule has 1 aliphatic rings. The van der Waals surface area contributed by atoms with Crippen molar-refractivity contribution in [3.8, 4) is 5.75 Å². The molecule has 0 aliphatic carbocycles. The van der Waals surface area contributed by atoms with Gasteiger partial charge in [-0.15, -0.1) is 0 Å². The predicted octanol–water partition coefficient (Wildman–Crippen LogP) is 0.517. The molecule has 1 unspecified atom stereocenters. The third-order valence-corrected chi connectivity index (χ3v) is 2.35. The summed E-state index contributed by atoms with van der Waals surface area (Å²) < 4.78 is 5.09. The standard InChI is InChI=1S/C10H12N2O2/c1-14-7-2-3-9-6(4-7)5-8(11)10(13)12-9/h2-4,8H,5,11H2,1H3,(H,12,13). The van der Waals surface area contributed by atoms with Crippen LogP contribution in [-0.4, -0.2) is 19.1 Å². The van der Waals surface area contributed by atoms with Crippen molar-refractivity contribution in [2.75, 3.05) is 12.4 Å². The summed E-state index contributed by atoms with van der Waals surface area (Å²) in [7, 11) is 1.61. The molecule has 0 spiro atoms. The van der Waals surface area contributed by atoms with Gasteiger partial charge in [0.05, 0.1) is 13.2 Å². The quantitative estimate of drug-likeness (QED) is 0.681. The highest BCUT2D eigenvalue weighted by atomic mass is 16.5. The fraction of sp³-hybridized carbons (Fsp3) is 0.300. The van der Waals surface area contributed by atoms with E-state index < -0.39 is 6.04 Å². The SMILES string of the molecule is COc1ccc2c(c1)CC(N)C(=O)N2. The highest BCUT2D eigenvalue weighted by molar-refractivity contribution is 5.97. The van der Waals surface area contributed by atoms with Crippen molar-refractivity contribution < 1.29 is 9.53 Å². The van der Waals surface area contributed by atoms with Gasteiger partial charge in [-0.2, -0.15) is 0 Å². The van der Waals surface area contributed by atoms with Gasteiger partial charge >= 0.3 is 0 Å². The van der Waals surface area contributed by atoms with E-state index >= 15 is 0 Å². The van der Waals surface area contributed by atoms with Gasteiger partial charge in [0, 0.05) is 5.69 Å². The van der Waals surface area contributed by atoms with Crippen LogP contribution in [0.25, 0.3) is 0 Å². The number of nitrogens with two attached hydrogens (primary N) is 1. The molecule has 2 rings (SSSR count). The van der Waals surface area contributed by atoms with Gasteiger partial charge in [-0.05, 0) is 30.2 Å². The number of fused-ring (bicyclic) bond motifs is 1. The Hall–Kier alpha value is -1.55. The van der Waals surface area contributed by atoms with Crippen LogP contribution in [0.1, 0.15) is 5.56 Å². The summed E-state index contributed by atoms with van der Waals surface area (Å²) in [5, 5.41) is 2.74. The average Bonchev–Trinajstić information content (AvgIpc) is 2.19. The molecule has 14 heavy (non-hydrogen) atoms. The first-order chi connectivity index (χ1) is 6.70. The monoisotopic (exact) mass is 192 g/mol. The molecule has 0 radical (unpaired) electrons. The van der Waals surface area contributed by atoms with Gasteiger partial charge in [-0.3, -0.25) is 4.79 Å². The molecule has 1 aromatic carbocycles. The van der Waals surface area contributed by atoms with Crippen molar-refractivity contribution >= 4 is 11.6 Å². The Morgan fingerprint density at radius 3 is 3.07 bits per heavy atom. The van der Waals surface area contributed by atoms with Crippen LogP contribution in [0.2, 0.25) is 0 Å². The first-order valence-electron chi connectivity index (χ1n) is 4.44. The van der Waals surface area contributed by atoms with Crippen molar-refractivity contribution in [2.45, 2.75) is 12.5 Å². The van der Waals surface area contributed by atoms with Crippen molar-refractivity contribution in [3.05, 3.63) is 23.8 Å². The van der Waals surface area contributed by atoms with Crippen LogP contribution in [0.4, 0.5) is 5.69 Å². The molecule has 1 aromatic rings. The van der Waals surface area contributed by atoms with Gasteiger partial charge in [0.15, 0.2) is 0 Å². The highest BCUT2D eigenvalue weighted by Gasteiger charge is 2.22. The second-order valence-corrected chi connectivity index (χ2v) is 3.32. The number of amides is 1. The van der Waals surface area contributed by atoms with Crippen molar-refractivity contribution in [3.63, 3.8) is 0 Å². The maximum atomic E-state index is 11.2. The number of anilines is 1. The number of hydrogen-bond donors (Lipinski definition) is 2. The molecular formula is C10H12N2O2. The topological polar surface area (TPSA) is 64.3 Å². The zero-order valence-electron chi connectivity index (χ0n) is 7.91. The highest BCUT2D eigenvalue weighted by Crippen LogP contribution is 2.26. The smallest absolute Gasteiger partial charge is 0.241 e. The Labute approximate surface area is 82.1 Å². The minimum Gasteiger partial charge on any atom is -0.497 e. The lowest BCUT2D eigenvalue weighted by molar-refractivity contribution is -0.117. The van der Waals surface area contributed by atoms with Gasteiger partial charge < -0.3 is 15.8 Å². The van der Waals surface area contributed by atoms with E-state index in [9.17, 15) is 4.79 Å². The molecule has 0 saturated heterocycles. The molecule has 1 aliphatic heterocycles. The molecular weight excluding hydrogens is 180 g/mol. The summed E-state index contributed by atoms with van der Waals surface area (Å²) in [6, 6.07) is 5.09. The second kappa shape index (κ2) is 3.31. The zero-order valence-corrected chi connectivity index (χ0v) is 7.91. The number of ether oxygens (including phenoxy) is 1. The second-order valence-electron chi connectivity index (χ2n) is 3.32. The number of methoxy groups -OCH3 is 1. The maximum absolute atomic E-state index is 11.2. The van der Waals surface area contributed by atoms with Crippen LogP contribution in [0.15, 0.2) is 18.2 Å². The van der Waals surface area contributed by atoms with Crippen LogP contribution in [0.5, 0.6) is 5.75 Å². The van der Waals surface area contributed by atoms with Gasteiger partial charge in [-0.25, -0.2) is 0 Å². The van der Waals surface area contributed by atoms with Crippen LogP contribution < -0.4 is 15.8 Å². The first kappa shape index (κ1) is 9.02. The Bertz CT molecular complexity index is 376. The minimum absolute atomic E-state index is 0.123. The maximum Gasteiger partial charge on any atom is 0.241 e. The lowest BCUT2D eigenvalue weighted by Gasteiger charge is -2.21. The van der Waals surface area contributed by atoms with Gasteiger partial charge in [0.1, 0.15) is 5.75 Å². The van der Waals surface area contributed by atoms with Crippen molar-refractivity contribution in [1.29, 1.82) is 0 Å². The van der Waals surface area contributed by atoms with E-state index in [0.29, 0.717) is 6.42 Å². The predicted molar refractivity (Wildman–Crippen MR) is 53.3 cm³/mol. The number of rotatable bonds is 1. The Morgan fingerprint density at radius 2 is 2.36 bits per heavy atom.